The number of aromatic nitrogens is 2. The van der Waals surface area contributed by atoms with Gasteiger partial charge in [-0.15, -0.1) is 0 Å². The van der Waals surface area contributed by atoms with E-state index in [-0.39, 0.29) is 17.5 Å². The predicted molar refractivity (Wildman–Crippen MR) is 84.1 cm³/mol. The highest BCUT2D eigenvalue weighted by atomic mass is 16.7. The Bertz CT molecular complexity index is 819. The van der Waals surface area contributed by atoms with Gasteiger partial charge in [0.2, 0.25) is 0 Å². The number of hydrogen-bond donors (Lipinski definition) is 0. The Labute approximate surface area is 138 Å². The number of hydrogen-bond acceptors (Lipinski definition) is 5. The molecule has 3 rings (SSSR count). The molecule has 0 fully saturated rings. The molecule has 0 aliphatic carbocycles. The molecule has 0 spiro atoms. The molecule has 0 saturated heterocycles. The molecule has 24 heavy (non-hydrogen) atoms. The van der Waals surface area contributed by atoms with Gasteiger partial charge in [0.25, 0.3) is 11.8 Å². The molecule has 7 heteroatoms. The van der Waals surface area contributed by atoms with Crippen LogP contribution in [0.1, 0.15) is 44.6 Å². The van der Waals surface area contributed by atoms with E-state index in [4.69, 9.17) is 4.84 Å². The van der Waals surface area contributed by atoms with Gasteiger partial charge < -0.3 is 4.84 Å². The molecular weight excluding hydrogens is 310 g/mol. The second kappa shape index (κ2) is 5.92. The number of carbonyl (C=O) groups excluding carboxylic acids is 3. The van der Waals surface area contributed by atoms with Crippen LogP contribution in [0.25, 0.3) is 0 Å². The van der Waals surface area contributed by atoms with Crippen LogP contribution in [0.15, 0.2) is 24.3 Å². The lowest BCUT2D eigenvalue weighted by atomic mass is 10.1. The summed E-state index contributed by atoms with van der Waals surface area (Å²) in [7, 11) is 0. The van der Waals surface area contributed by atoms with Crippen molar-refractivity contribution in [3.8, 4) is 0 Å². The number of nitrogens with zero attached hydrogens (tertiary/aromatic N) is 3. The zero-order valence-electron chi connectivity index (χ0n) is 13.7. The fourth-order valence-corrected chi connectivity index (χ4v) is 2.83. The number of aryl methyl sites for hydroxylation is 2. The average Bonchev–Trinajstić information content (AvgIpc) is 2.98. The zero-order chi connectivity index (χ0) is 17.4. The topological polar surface area (TPSA) is 81.5 Å². The van der Waals surface area contributed by atoms with E-state index in [1.54, 1.807) is 16.8 Å². The van der Waals surface area contributed by atoms with E-state index in [0.717, 1.165) is 17.0 Å². The maximum absolute atomic E-state index is 12.2. The molecule has 7 nitrogen and oxygen atoms in total. The number of carbonyl (C=O) groups is 3. The first kappa shape index (κ1) is 15.9. The maximum Gasteiger partial charge on any atom is 0.337 e. The SMILES string of the molecule is CCn1nc(C)c(CC(=O)ON2C(=O)c3ccccc3C2=O)c1C. The Morgan fingerprint density at radius 1 is 1.12 bits per heavy atom. The van der Waals surface area contributed by atoms with Crippen molar-refractivity contribution in [3.63, 3.8) is 0 Å². The Kier molecular flexibility index (Phi) is 3.92. The molecular formula is C17H17N3O4. The minimum absolute atomic E-state index is 0.0505. The second-order valence-corrected chi connectivity index (χ2v) is 5.56. The van der Waals surface area contributed by atoms with Crippen LogP contribution in [-0.4, -0.2) is 32.6 Å². The maximum atomic E-state index is 12.2. The van der Waals surface area contributed by atoms with Crippen LogP contribution < -0.4 is 0 Å². The number of imide groups is 1. The number of rotatable bonds is 4. The van der Waals surface area contributed by atoms with Gasteiger partial charge >= 0.3 is 5.97 Å². The zero-order valence-corrected chi connectivity index (χ0v) is 13.7. The van der Waals surface area contributed by atoms with Crippen LogP contribution in [-0.2, 0) is 22.6 Å². The van der Waals surface area contributed by atoms with Crippen molar-refractivity contribution in [3.05, 3.63) is 52.3 Å². The first-order valence-electron chi connectivity index (χ1n) is 7.65. The summed E-state index contributed by atoms with van der Waals surface area (Å²) in [5, 5.41) is 4.87. The van der Waals surface area contributed by atoms with Gasteiger partial charge in [0.1, 0.15) is 0 Å². The second-order valence-electron chi connectivity index (χ2n) is 5.56. The summed E-state index contributed by atoms with van der Waals surface area (Å²) in [6.45, 7) is 6.33. The van der Waals surface area contributed by atoms with E-state index in [0.29, 0.717) is 11.6 Å². The van der Waals surface area contributed by atoms with Crippen molar-refractivity contribution < 1.29 is 19.2 Å². The Morgan fingerprint density at radius 3 is 2.21 bits per heavy atom. The monoisotopic (exact) mass is 327 g/mol. The van der Waals surface area contributed by atoms with Crippen LogP contribution in [0.4, 0.5) is 0 Å². The molecule has 0 radical (unpaired) electrons. The lowest BCUT2D eigenvalue weighted by molar-refractivity contribution is -0.167. The Balaban J connectivity index is 1.76. The molecule has 0 unspecified atom stereocenters. The molecule has 1 aromatic carbocycles. The first-order valence-corrected chi connectivity index (χ1v) is 7.65. The molecule has 1 aliphatic heterocycles. The third kappa shape index (κ3) is 2.47. The quantitative estimate of drug-likeness (QED) is 0.800. The van der Waals surface area contributed by atoms with Crippen molar-refractivity contribution in [1.29, 1.82) is 0 Å². The molecule has 1 aromatic heterocycles. The van der Waals surface area contributed by atoms with E-state index >= 15 is 0 Å². The predicted octanol–water partition coefficient (Wildman–Crippen LogP) is 1.82. The van der Waals surface area contributed by atoms with Crippen molar-refractivity contribution >= 4 is 17.8 Å². The number of amides is 2. The highest BCUT2D eigenvalue weighted by Gasteiger charge is 2.38. The molecule has 2 heterocycles. The fourth-order valence-electron chi connectivity index (χ4n) is 2.83. The van der Waals surface area contributed by atoms with Crippen molar-refractivity contribution in [2.24, 2.45) is 0 Å². The van der Waals surface area contributed by atoms with Crippen LogP contribution in [0.2, 0.25) is 0 Å². The summed E-state index contributed by atoms with van der Waals surface area (Å²) in [5.41, 5.74) is 2.82. The van der Waals surface area contributed by atoms with Crippen molar-refractivity contribution in [2.45, 2.75) is 33.7 Å². The summed E-state index contributed by atoms with van der Waals surface area (Å²) < 4.78 is 1.79. The lowest BCUT2D eigenvalue weighted by Gasteiger charge is -2.12. The summed E-state index contributed by atoms with van der Waals surface area (Å²) in [4.78, 5) is 41.6. The Hall–Kier alpha value is -2.96. The largest absolute Gasteiger partial charge is 0.337 e. The van der Waals surface area contributed by atoms with Crippen molar-refractivity contribution in [2.75, 3.05) is 0 Å². The highest BCUT2D eigenvalue weighted by molar-refractivity contribution is 6.20. The van der Waals surface area contributed by atoms with E-state index in [1.165, 1.54) is 12.1 Å². The minimum Gasteiger partial charge on any atom is -0.329 e. The van der Waals surface area contributed by atoms with Crippen LogP contribution in [0.3, 0.4) is 0 Å². The molecule has 0 N–H and O–H groups in total. The first-order chi connectivity index (χ1) is 11.4. The summed E-state index contributed by atoms with van der Waals surface area (Å²) in [6, 6.07) is 6.37. The molecule has 124 valence electrons. The highest BCUT2D eigenvalue weighted by Crippen LogP contribution is 2.23. The van der Waals surface area contributed by atoms with E-state index in [1.807, 2.05) is 20.8 Å². The Morgan fingerprint density at radius 2 is 1.71 bits per heavy atom. The van der Waals surface area contributed by atoms with Gasteiger partial charge in [0.15, 0.2) is 0 Å². The molecule has 0 bridgehead atoms. The molecule has 0 saturated carbocycles. The molecule has 1 aliphatic rings. The van der Waals surface area contributed by atoms with Crippen LogP contribution in [0, 0.1) is 13.8 Å². The van der Waals surface area contributed by atoms with Gasteiger partial charge in [-0.1, -0.05) is 17.2 Å². The van der Waals surface area contributed by atoms with Crippen molar-refractivity contribution in [1.82, 2.24) is 14.8 Å². The minimum atomic E-state index is -0.675. The average molecular weight is 327 g/mol. The van der Waals surface area contributed by atoms with Gasteiger partial charge in [-0.25, -0.2) is 4.79 Å². The molecule has 0 atom stereocenters. The number of hydroxylamine groups is 2. The van der Waals surface area contributed by atoms with Gasteiger partial charge in [-0.3, -0.25) is 14.3 Å². The van der Waals surface area contributed by atoms with Gasteiger partial charge in [-0.05, 0) is 32.9 Å². The van der Waals surface area contributed by atoms with Gasteiger partial charge in [-0.2, -0.15) is 5.10 Å². The number of benzene rings is 1. The molecule has 2 amide bonds. The van der Waals surface area contributed by atoms with Crippen LogP contribution >= 0.6 is 0 Å². The standard InChI is InChI=1S/C17H17N3O4/c1-4-19-11(3)14(10(2)18-19)9-15(21)24-20-16(22)12-7-5-6-8-13(12)17(20)23/h5-8H,4,9H2,1-3H3. The summed E-state index contributed by atoms with van der Waals surface area (Å²) >= 11 is 0. The summed E-state index contributed by atoms with van der Waals surface area (Å²) in [5.74, 6) is -1.92. The number of fused-ring (bicyclic) bond motifs is 1. The lowest BCUT2D eigenvalue weighted by Crippen LogP contribution is -2.33. The summed E-state index contributed by atoms with van der Waals surface area (Å²) in [6.07, 6.45) is -0.0505. The van der Waals surface area contributed by atoms with Gasteiger partial charge in [0, 0.05) is 17.8 Å². The van der Waals surface area contributed by atoms with E-state index in [2.05, 4.69) is 5.10 Å². The normalized spacial score (nSPS) is 13.4. The fraction of sp³-hybridized carbons (Fsp3) is 0.294. The van der Waals surface area contributed by atoms with Crippen LogP contribution in [0.5, 0.6) is 0 Å². The third-order valence-electron chi connectivity index (χ3n) is 4.10. The van der Waals surface area contributed by atoms with E-state index < -0.39 is 17.8 Å². The third-order valence-corrected chi connectivity index (χ3v) is 4.10. The van der Waals surface area contributed by atoms with Gasteiger partial charge in [0.05, 0.1) is 23.2 Å². The molecule has 2 aromatic rings. The smallest absolute Gasteiger partial charge is 0.329 e. The van der Waals surface area contributed by atoms with E-state index in [9.17, 15) is 14.4 Å².